The number of carbonyl (C=O) groups excluding carboxylic acids is 2. The lowest BCUT2D eigenvalue weighted by Crippen LogP contribution is -2.37. The highest BCUT2D eigenvalue weighted by atomic mass is 32.1. The number of likely N-dealkylation sites (tertiary alicyclic amines) is 1. The normalized spacial score (nSPS) is 16.2. The fourth-order valence-electron chi connectivity index (χ4n) is 3.81. The predicted octanol–water partition coefficient (Wildman–Crippen LogP) is 5.10. The van der Waals surface area contributed by atoms with Gasteiger partial charge in [0.2, 0.25) is 0 Å². The van der Waals surface area contributed by atoms with E-state index in [1.54, 1.807) is 10.4 Å². The molecule has 1 saturated heterocycles. The lowest BCUT2D eigenvalue weighted by atomic mass is 10.2. The van der Waals surface area contributed by atoms with Crippen LogP contribution in [0.5, 0.6) is 0 Å². The summed E-state index contributed by atoms with van der Waals surface area (Å²) >= 11 is 1.30. The number of hydroxylamine groups is 2. The Morgan fingerprint density at radius 2 is 2.03 bits per heavy atom. The SMILES string of the molecule is CON(C)C(=O)c1ncsc1Nc1cn(COCC[Si](C)(C)C)c([C@@H]2CCCN2C(=O)OC(C)(C)C)n1. The zero-order valence-electron chi connectivity index (χ0n) is 23.2. The second-order valence-corrected chi connectivity index (χ2v) is 17.8. The van der Waals surface area contributed by atoms with Crippen molar-refractivity contribution in [1.82, 2.24) is 24.5 Å². The second-order valence-electron chi connectivity index (χ2n) is 11.3. The first kappa shape index (κ1) is 29.1. The number of nitrogens with zero attached hydrogens (tertiary/aromatic N) is 5. The molecule has 0 radical (unpaired) electrons. The summed E-state index contributed by atoms with van der Waals surface area (Å²) in [5.41, 5.74) is 1.25. The summed E-state index contributed by atoms with van der Waals surface area (Å²) in [4.78, 5) is 41.4. The van der Waals surface area contributed by atoms with Crippen LogP contribution in [0.1, 0.15) is 56.0 Å². The maximum Gasteiger partial charge on any atom is 0.410 e. The smallest absolute Gasteiger partial charge is 0.410 e. The number of aromatic nitrogens is 3. The first-order valence-corrected chi connectivity index (χ1v) is 17.0. The van der Waals surface area contributed by atoms with Crippen molar-refractivity contribution in [3.05, 3.63) is 23.2 Å². The summed E-state index contributed by atoms with van der Waals surface area (Å²) in [6, 6.07) is 0.808. The van der Waals surface area contributed by atoms with Crippen LogP contribution >= 0.6 is 11.3 Å². The number of imidazole rings is 1. The Morgan fingerprint density at radius 3 is 2.68 bits per heavy atom. The Bertz CT molecular complexity index is 1080. The highest BCUT2D eigenvalue weighted by molar-refractivity contribution is 7.14. The maximum atomic E-state index is 13.0. The molecule has 2 aromatic heterocycles. The lowest BCUT2D eigenvalue weighted by molar-refractivity contribution is -0.0759. The average Bonchev–Trinajstić information content (AvgIpc) is 3.53. The summed E-state index contributed by atoms with van der Waals surface area (Å²) in [7, 11) is 1.72. The highest BCUT2D eigenvalue weighted by Gasteiger charge is 2.36. The number of thiazole rings is 1. The number of rotatable bonds is 10. The molecule has 0 bridgehead atoms. The molecule has 0 saturated carbocycles. The minimum atomic E-state index is -1.23. The van der Waals surface area contributed by atoms with E-state index in [0.717, 1.165) is 23.9 Å². The molecule has 13 heteroatoms. The van der Waals surface area contributed by atoms with Crippen molar-refractivity contribution < 1.29 is 23.9 Å². The number of anilines is 2. The third-order valence-electron chi connectivity index (χ3n) is 5.78. The van der Waals surface area contributed by atoms with Crippen LogP contribution in [0, 0.1) is 0 Å². The van der Waals surface area contributed by atoms with E-state index in [2.05, 4.69) is 29.9 Å². The molecule has 37 heavy (non-hydrogen) atoms. The molecule has 1 N–H and O–H groups in total. The Morgan fingerprint density at radius 1 is 1.30 bits per heavy atom. The fraction of sp³-hybridized carbons (Fsp3) is 0.667. The molecule has 1 aliphatic rings. The first-order chi connectivity index (χ1) is 17.3. The zero-order chi connectivity index (χ0) is 27.4. The summed E-state index contributed by atoms with van der Waals surface area (Å²) in [6.45, 7) is 14.1. The maximum absolute atomic E-state index is 13.0. The fourth-order valence-corrected chi connectivity index (χ4v) is 5.25. The van der Waals surface area contributed by atoms with E-state index in [1.807, 2.05) is 31.5 Å². The standard InChI is InChI=1S/C24H40N6O5SSi/c1-24(2,3)35-23(32)30-11-9-10-17(30)20-26-18(14-29(20)16-34-12-13-37(6,7)8)27-21-19(25-15-36-21)22(31)28(4)33-5/h14-15,17,27H,9-13,16H2,1-8H3/t17-/m0/s1. The van der Waals surface area contributed by atoms with Gasteiger partial charge < -0.3 is 19.4 Å². The lowest BCUT2D eigenvalue weighted by Gasteiger charge is -2.28. The molecular formula is C24H40N6O5SSi. The average molecular weight is 553 g/mol. The molecule has 2 aromatic rings. The number of nitrogens with one attached hydrogen (secondary N) is 1. The number of hydrogen-bond acceptors (Lipinski definition) is 9. The Hall–Kier alpha value is -2.48. The minimum Gasteiger partial charge on any atom is -0.444 e. The van der Waals surface area contributed by atoms with E-state index in [1.165, 1.54) is 25.5 Å². The van der Waals surface area contributed by atoms with Gasteiger partial charge in [-0.05, 0) is 39.7 Å². The highest BCUT2D eigenvalue weighted by Crippen LogP contribution is 2.35. The molecule has 0 aliphatic carbocycles. The molecule has 11 nitrogen and oxygen atoms in total. The second kappa shape index (κ2) is 11.9. The first-order valence-electron chi connectivity index (χ1n) is 12.5. The quantitative estimate of drug-likeness (QED) is 0.246. The molecular weight excluding hydrogens is 512 g/mol. The van der Waals surface area contributed by atoms with Crippen molar-refractivity contribution in [2.24, 2.45) is 0 Å². The van der Waals surface area contributed by atoms with E-state index >= 15 is 0 Å². The molecule has 0 aromatic carbocycles. The molecule has 0 unspecified atom stereocenters. The zero-order valence-corrected chi connectivity index (χ0v) is 25.0. The van der Waals surface area contributed by atoms with Crippen LogP contribution < -0.4 is 5.32 Å². The largest absolute Gasteiger partial charge is 0.444 e. The number of hydrogen-bond donors (Lipinski definition) is 1. The van der Waals surface area contributed by atoms with Gasteiger partial charge in [0.1, 0.15) is 29.0 Å². The third-order valence-corrected chi connectivity index (χ3v) is 8.23. The molecule has 1 aliphatic heterocycles. The number of ether oxygens (including phenoxy) is 2. The van der Waals surface area contributed by atoms with Gasteiger partial charge in [0.05, 0.1) is 24.9 Å². The van der Waals surface area contributed by atoms with Crippen LogP contribution in [0.2, 0.25) is 25.7 Å². The number of carbonyl (C=O) groups is 2. The van der Waals surface area contributed by atoms with Gasteiger partial charge in [0.25, 0.3) is 5.91 Å². The summed E-state index contributed by atoms with van der Waals surface area (Å²) in [5.74, 6) is 0.885. The van der Waals surface area contributed by atoms with Crippen molar-refractivity contribution in [1.29, 1.82) is 0 Å². The van der Waals surface area contributed by atoms with Crippen molar-refractivity contribution in [3.63, 3.8) is 0 Å². The van der Waals surface area contributed by atoms with Gasteiger partial charge in [-0.15, -0.1) is 11.3 Å². The van der Waals surface area contributed by atoms with Crippen LogP contribution in [0.3, 0.4) is 0 Å². The molecule has 206 valence electrons. The summed E-state index contributed by atoms with van der Waals surface area (Å²) < 4.78 is 13.6. The van der Waals surface area contributed by atoms with E-state index in [0.29, 0.717) is 36.5 Å². The van der Waals surface area contributed by atoms with Crippen LogP contribution in [0.15, 0.2) is 11.7 Å². The Balaban J connectivity index is 1.86. The Kier molecular flexibility index (Phi) is 9.37. The van der Waals surface area contributed by atoms with Gasteiger partial charge in [-0.1, -0.05) is 19.6 Å². The van der Waals surface area contributed by atoms with Crippen molar-refractivity contribution in [2.75, 3.05) is 32.6 Å². The van der Waals surface area contributed by atoms with Gasteiger partial charge in [-0.3, -0.25) is 14.5 Å². The minimum absolute atomic E-state index is 0.242. The van der Waals surface area contributed by atoms with E-state index < -0.39 is 13.7 Å². The molecule has 3 rings (SSSR count). The topological polar surface area (TPSA) is 111 Å². The summed E-state index contributed by atoms with van der Waals surface area (Å²) in [6.07, 6.45) is 3.13. The molecule has 1 fully saturated rings. The van der Waals surface area contributed by atoms with Gasteiger partial charge >= 0.3 is 6.09 Å². The van der Waals surface area contributed by atoms with Crippen molar-refractivity contribution in [2.45, 2.75) is 77.7 Å². The van der Waals surface area contributed by atoms with E-state index in [9.17, 15) is 9.59 Å². The Labute approximate surface area is 224 Å². The van der Waals surface area contributed by atoms with Gasteiger partial charge in [0, 0.05) is 28.3 Å². The van der Waals surface area contributed by atoms with Crippen molar-refractivity contribution >= 4 is 42.2 Å². The monoisotopic (exact) mass is 552 g/mol. The molecule has 3 heterocycles. The van der Waals surface area contributed by atoms with Gasteiger partial charge in [0.15, 0.2) is 5.69 Å². The molecule has 0 spiro atoms. The van der Waals surface area contributed by atoms with Gasteiger partial charge in [-0.2, -0.15) is 0 Å². The van der Waals surface area contributed by atoms with Crippen LogP contribution in [-0.2, 0) is 21.0 Å². The van der Waals surface area contributed by atoms with Crippen LogP contribution in [0.4, 0.5) is 15.6 Å². The van der Waals surface area contributed by atoms with Crippen LogP contribution in [-0.4, -0.2) is 77.5 Å². The van der Waals surface area contributed by atoms with E-state index in [4.69, 9.17) is 19.3 Å². The van der Waals surface area contributed by atoms with Gasteiger partial charge in [-0.25, -0.2) is 19.8 Å². The van der Waals surface area contributed by atoms with Crippen LogP contribution in [0.25, 0.3) is 0 Å². The number of amides is 2. The van der Waals surface area contributed by atoms with Crippen molar-refractivity contribution in [3.8, 4) is 0 Å². The third kappa shape index (κ3) is 8.00. The summed E-state index contributed by atoms with van der Waals surface area (Å²) in [5, 5.41) is 4.91. The molecule has 1 atom stereocenters. The molecule has 2 amide bonds. The predicted molar refractivity (Wildman–Crippen MR) is 146 cm³/mol. The van der Waals surface area contributed by atoms with E-state index in [-0.39, 0.29) is 23.7 Å².